The maximum Gasteiger partial charge on any atom is 0.223 e. The third-order valence-corrected chi connectivity index (χ3v) is 6.67. The Kier molecular flexibility index (Phi) is 7.34. The summed E-state index contributed by atoms with van der Waals surface area (Å²) in [6, 6.07) is 15.9. The number of hydrogen-bond donors (Lipinski definition) is 0. The lowest BCUT2D eigenvalue weighted by molar-refractivity contribution is -0.131. The number of fused-ring (bicyclic) bond motifs is 1. The number of hydrogen-bond acceptors (Lipinski definition) is 4. The molecule has 0 unspecified atom stereocenters. The number of carbonyl (C=O) groups excluding carboxylic acids is 2. The van der Waals surface area contributed by atoms with Gasteiger partial charge in [-0.05, 0) is 67.0 Å². The minimum atomic E-state index is 0.0731. The average Bonchev–Trinajstić information content (AvgIpc) is 3.08. The Morgan fingerprint density at radius 1 is 0.844 bits per heavy atom. The molecule has 1 heterocycles. The molecule has 0 N–H and O–H groups in total. The average molecular weight is 430 g/mol. The zero-order valence-corrected chi connectivity index (χ0v) is 18.7. The second-order valence-corrected chi connectivity index (χ2v) is 8.93. The lowest BCUT2D eigenvalue weighted by Gasteiger charge is -2.22. The first-order valence-corrected chi connectivity index (χ1v) is 11.8. The summed E-state index contributed by atoms with van der Waals surface area (Å²) in [5.74, 6) is 0.153. The number of carbonyl (C=O) groups is 2. The van der Waals surface area contributed by atoms with Crippen LogP contribution in [0.1, 0.15) is 64.7 Å². The maximum absolute atomic E-state index is 12.8. The Bertz CT molecular complexity index is 1010. The minimum Gasteiger partial charge on any atom is -0.341 e. The van der Waals surface area contributed by atoms with Crippen LogP contribution in [0.5, 0.6) is 0 Å². The number of ketones is 1. The normalized spacial score (nSPS) is 16.7. The Morgan fingerprint density at radius 2 is 1.62 bits per heavy atom. The summed E-state index contributed by atoms with van der Waals surface area (Å²) in [7, 11) is 0. The largest absolute Gasteiger partial charge is 0.341 e. The predicted octanol–water partition coefficient (Wildman–Crippen LogP) is 4.13. The fourth-order valence-electron chi connectivity index (χ4n) is 4.75. The fraction of sp³-hybridized carbons (Fsp3) is 0.444. The molecule has 1 fully saturated rings. The number of aryl methyl sites for hydroxylation is 2. The van der Waals surface area contributed by atoms with E-state index in [1.54, 1.807) is 0 Å². The van der Waals surface area contributed by atoms with Crippen molar-refractivity contribution in [1.82, 2.24) is 9.80 Å². The first kappa shape index (κ1) is 22.2. The molecule has 0 saturated carbocycles. The summed E-state index contributed by atoms with van der Waals surface area (Å²) in [5, 5.41) is 8.94. The molecule has 166 valence electrons. The van der Waals surface area contributed by atoms with Crippen molar-refractivity contribution in [1.29, 1.82) is 5.26 Å². The molecule has 2 aliphatic rings. The van der Waals surface area contributed by atoms with Gasteiger partial charge in [-0.25, -0.2) is 0 Å². The monoisotopic (exact) mass is 429 g/mol. The van der Waals surface area contributed by atoms with Gasteiger partial charge in [-0.15, -0.1) is 0 Å². The molecule has 2 aromatic carbocycles. The van der Waals surface area contributed by atoms with Crippen LogP contribution in [0.15, 0.2) is 42.5 Å². The highest BCUT2D eigenvalue weighted by Crippen LogP contribution is 2.23. The fourth-order valence-corrected chi connectivity index (χ4v) is 4.75. The lowest BCUT2D eigenvalue weighted by atomic mass is 9.89. The molecule has 0 bridgehead atoms. The van der Waals surface area contributed by atoms with Crippen LogP contribution < -0.4 is 0 Å². The van der Waals surface area contributed by atoms with Crippen molar-refractivity contribution in [3.8, 4) is 6.07 Å². The van der Waals surface area contributed by atoms with Crippen molar-refractivity contribution in [3.05, 3.63) is 70.3 Å². The van der Waals surface area contributed by atoms with Crippen molar-refractivity contribution in [2.45, 2.75) is 51.5 Å². The van der Waals surface area contributed by atoms with E-state index >= 15 is 0 Å². The van der Waals surface area contributed by atoms with Gasteiger partial charge < -0.3 is 4.90 Å². The van der Waals surface area contributed by atoms with Crippen LogP contribution in [0.2, 0.25) is 0 Å². The van der Waals surface area contributed by atoms with Crippen molar-refractivity contribution in [2.24, 2.45) is 0 Å². The summed E-state index contributed by atoms with van der Waals surface area (Å²) < 4.78 is 0. The smallest absolute Gasteiger partial charge is 0.223 e. The Morgan fingerprint density at radius 3 is 2.41 bits per heavy atom. The molecule has 0 radical (unpaired) electrons. The molecule has 5 nitrogen and oxygen atoms in total. The van der Waals surface area contributed by atoms with Gasteiger partial charge >= 0.3 is 0 Å². The van der Waals surface area contributed by atoms with E-state index in [1.807, 2.05) is 41.3 Å². The lowest BCUT2D eigenvalue weighted by Crippen LogP contribution is -2.35. The quantitative estimate of drug-likeness (QED) is 0.648. The molecular formula is C27H31N3O2. The molecule has 5 heteroatoms. The summed E-state index contributed by atoms with van der Waals surface area (Å²) in [5.41, 5.74) is 5.29. The van der Waals surface area contributed by atoms with Crippen LogP contribution in [-0.4, -0.2) is 47.7 Å². The van der Waals surface area contributed by atoms with Crippen LogP contribution in [0.3, 0.4) is 0 Å². The van der Waals surface area contributed by atoms with Crippen LogP contribution in [0, 0.1) is 11.3 Å². The van der Waals surface area contributed by atoms with E-state index in [-0.39, 0.29) is 24.5 Å². The molecular weight excluding hydrogens is 398 g/mol. The van der Waals surface area contributed by atoms with Crippen molar-refractivity contribution < 1.29 is 9.59 Å². The van der Waals surface area contributed by atoms with Gasteiger partial charge in [0.2, 0.25) is 5.91 Å². The minimum absolute atomic E-state index is 0.0731. The number of benzene rings is 2. The molecule has 32 heavy (non-hydrogen) atoms. The van der Waals surface area contributed by atoms with E-state index in [0.29, 0.717) is 12.1 Å². The second kappa shape index (κ2) is 10.6. The molecule has 2 aromatic rings. The molecule has 4 rings (SSSR count). The van der Waals surface area contributed by atoms with Crippen LogP contribution in [0.4, 0.5) is 0 Å². The molecule has 1 saturated heterocycles. The summed E-state index contributed by atoms with van der Waals surface area (Å²) >= 11 is 0. The van der Waals surface area contributed by atoms with Gasteiger partial charge in [0.15, 0.2) is 5.78 Å². The van der Waals surface area contributed by atoms with E-state index in [1.165, 1.54) is 29.5 Å². The van der Waals surface area contributed by atoms with Gasteiger partial charge in [-0.3, -0.25) is 14.5 Å². The van der Waals surface area contributed by atoms with Gasteiger partial charge in [-0.2, -0.15) is 5.26 Å². The Labute approximate surface area is 190 Å². The van der Waals surface area contributed by atoms with E-state index < -0.39 is 0 Å². The first-order valence-electron chi connectivity index (χ1n) is 11.8. The zero-order valence-electron chi connectivity index (χ0n) is 18.7. The topological polar surface area (TPSA) is 64.4 Å². The van der Waals surface area contributed by atoms with Crippen molar-refractivity contribution in [3.63, 3.8) is 0 Å². The van der Waals surface area contributed by atoms with Gasteiger partial charge in [0.05, 0.1) is 11.6 Å². The van der Waals surface area contributed by atoms with E-state index in [0.717, 1.165) is 51.0 Å². The highest BCUT2D eigenvalue weighted by molar-refractivity contribution is 5.98. The van der Waals surface area contributed by atoms with E-state index in [4.69, 9.17) is 5.26 Å². The van der Waals surface area contributed by atoms with Gasteiger partial charge in [0, 0.05) is 51.1 Å². The highest BCUT2D eigenvalue weighted by Gasteiger charge is 2.20. The summed E-state index contributed by atoms with van der Waals surface area (Å²) in [6.45, 7) is 4.03. The first-order chi connectivity index (χ1) is 15.6. The van der Waals surface area contributed by atoms with Crippen molar-refractivity contribution in [2.75, 3.05) is 26.2 Å². The van der Waals surface area contributed by atoms with Gasteiger partial charge in [-0.1, -0.05) is 24.3 Å². The van der Waals surface area contributed by atoms with Gasteiger partial charge in [0.25, 0.3) is 0 Å². The summed E-state index contributed by atoms with van der Waals surface area (Å²) in [4.78, 5) is 29.7. The SMILES string of the molecule is N#Cc1ccc(CN2CCCN(C(=O)CCC(=O)c3ccc4c(c3)CCCC4)CC2)cc1. The number of Topliss-reactive ketones (excluding diaryl/α,β-unsaturated/α-hetero) is 1. The van der Waals surface area contributed by atoms with Crippen LogP contribution in [0.25, 0.3) is 0 Å². The number of amides is 1. The van der Waals surface area contributed by atoms with Crippen LogP contribution >= 0.6 is 0 Å². The molecule has 1 aliphatic carbocycles. The second-order valence-electron chi connectivity index (χ2n) is 8.93. The van der Waals surface area contributed by atoms with E-state index in [9.17, 15) is 9.59 Å². The Balaban J connectivity index is 1.25. The number of nitriles is 1. The third kappa shape index (κ3) is 5.63. The van der Waals surface area contributed by atoms with Gasteiger partial charge in [0.1, 0.15) is 0 Å². The Hall–Kier alpha value is -2.97. The maximum atomic E-state index is 12.8. The predicted molar refractivity (Wildman–Crippen MR) is 124 cm³/mol. The van der Waals surface area contributed by atoms with E-state index in [2.05, 4.69) is 17.0 Å². The molecule has 0 atom stereocenters. The van der Waals surface area contributed by atoms with Crippen molar-refractivity contribution >= 4 is 11.7 Å². The standard InChI is InChI=1S/C27H31N3O2/c28-19-21-6-8-22(9-7-21)20-29-14-3-15-30(17-16-29)27(32)13-12-26(31)25-11-10-23-4-1-2-5-24(23)18-25/h6-11,18H,1-5,12-17,20H2. The molecule has 1 amide bonds. The van der Waals surface area contributed by atoms with Crippen LogP contribution in [-0.2, 0) is 24.2 Å². The molecule has 0 aromatic heterocycles. The highest BCUT2D eigenvalue weighted by atomic mass is 16.2. The third-order valence-electron chi connectivity index (χ3n) is 6.67. The number of rotatable bonds is 6. The molecule has 0 spiro atoms. The molecule has 1 aliphatic heterocycles. The summed E-state index contributed by atoms with van der Waals surface area (Å²) in [6.07, 6.45) is 6.09. The number of nitrogens with zero attached hydrogens (tertiary/aromatic N) is 3. The zero-order chi connectivity index (χ0) is 22.3.